The number of halogens is 4. The average Bonchev–Trinajstić information content (AvgIpc) is 3.34. The molecule has 0 saturated heterocycles. The molecule has 42 heavy (non-hydrogen) atoms. The van der Waals surface area contributed by atoms with Gasteiger partial charge in [-0.25, -0.2) is 9.37 Å². The van der Waals surface area contributed by atoms with Crippen molar-refractivity contribution >= 4 is 22.5 Å². The van der Waals surface area contributed by atoms with Crippen LogP contribution in [0.2, 0.25) is 0 Å². The molecule has 0 fully saturated rings. The lowest BCUT2D eigenvalue weighted by Gasteiger charge is -2.28. The van der Waals surface area contributed by atoms with Crippen LogP contribution in [-0.2, 0) is 20.7 Å². The van der Waals surface area contributed by atoms with Crippen molar-refractivity contribution in [3.63, 3.8) is 0 Å². The fourth-order valence-corrected chi connectivity index (χ4v) is 4.16. The first kappa shape index (κ1) is 30.6. The molecule has 1 atom stereocenters. The predicted octanol–water partition coefficient (Wildman–Crippen LogP) is 6.23. The van der Waals surface area contributed by atoms with Crippen LogP contribution in [0, 0.1) is 22.6 Å². The van der Waals surface area contributed by atoms with E-state index >= 15 is 4.39 Å². The number of nitrogens with one attached hydrogen (secondary N) is 1. The second kappa shape index (κ2) is 11.9. The van der Waals surface area contributed by atoms with E-state index in [1.54, 1.807) is 25.3 Å². The van der Waals surface area contributed by atoms with Crippen molar-refractivity contribution in [1.29, 1.82) is 5.41 Å². The first-order chi connectivity index (χ1) is 19.8. The maximum absolute atomic E-state index is 15.1. The Morgan fingerprint density at radius 3 is 2.45 bits per heavy atom. The van der Waals surface area contributed by atoms with E-state index in [0.717, 1.165) is 19.9 Å². The van der Waals surface area contributed by atoms with Crippen molar-refractivity contribution in [2.75, 3.05) is 27.4 Å². The normalized spacial score (nSPS) is 15.4. The van der Waals surface area contributed by atoms with Crippen molar-refractivity contribution < 1.29 is 41.3 Å². The highest BCUT2D eigenvalue weighted by Gasteiger charge is 2.53. The number of hydrogen-bond acceptors (Lipinski definition) is 8. The van der Waals surface area contributed by atoms with Crippen molar-refractivity contribution in [3.05, 3.63) is 72.1 Å². The zero-order valence-electron chi connectivity index (χ0n) is 23.4. The summed E-state index contributed by atoms with van der Waals surface area (Å²) in [6.45, 7) is 6.14. The van der Waals surface area contributed by atoms with E-state index in [4.69, 9.17) is 24.4 Å². The minimum Gasteiger partial charge on any atom is -0.493 e. The molecule has 4 rings (SSSR count). The molecule has 0 aliphatic carbocycles. The Bertz CT molecular complexity index is 1580. The van der Waals surface area contributed by atoms with Gasteiger partial charge >= 0.3 is 6.18 Å². The first-order valence-corrected chi connectivity index (χ1v) is 12.8. The van der Waals surface area contributed by atoms with Crippen LogP contribution in [0.3, 0.4) is 0 Å². The minimum atomic E-state index is -4.62. The van der Waals surface area contributed by atoms with Crippen LogP contribution in [0.5, 0.6) is 11.5 Å². The molecule has 0 radical (unpaired) electrons. The largest absolute Gasteiger partial charge is 0.493 e. The maximum Gasteiger partial charge on any atom is 0.400 e. The van der Waals surface area contributed by atoms with E-state index in [0.29, 0.717) is 47.0 Å². The molecule has 1 aliphatic heterocycles. The van der Waals surface area contributed by atoms with Crippen LogP contribution < -0.4 is 9.47 Å². The van der Waals surface area contributed by atoms with Gasteiger partial charge in [-0.05, 0) is 31.6 Å². The molecule has 222 valence electrons. The molecule has 0 bridgehead atoms. The van der Waals surface area contributed by atoms with Crippen LogP contribution in [0.15, 0.2) is 60.7 Å². The molecule has 8 nitrogen and oxygen atoms in total. The number of benzene rings is 2. The van der Waals surface area contributed by atoms with Gasteiger partial charge in [0.05, 0.1) is 48.3 Å². The summed E-state index contributed by atoms with van der Waals surface area (Å²) in [6.07, 6.45) is -2.56. The molecule has 0 spiro atoms. The second-order valence-electron chi connectivity index (χ2n) is 10.1. The highest BCUT2D eigenvalue weighted by molar-refractivity contribution is 6.40. The summed E-state index contributed by atoms with van der Waals surface area (Å²) >= 11 is 0. The fourth-order valence-electron chi connectivity index (χ4n) is 4.16. The molecular weight excluding hydrogens is 558 g/mol. The molecule has 2 heterocycles. The number of methoxy groups -OCH3 is 2. The number of ether oxygens (including phenoxy) is 4. The Hall–Kier alpha value is -4.32. The lowest BCUT2D eigenvalue weighted by Crippen LogP contribution is -2.34. The Morgan fingerprint density at radius 1 is 1.10 bits per heavy atom. The third-order valence-corrected chi connectivity index (χ3v) is 6.91. The highest BCUT2D eigenvalue weighted by Crippen LogP contribution is 2.47. The zero-order valence-corrected chi connectivity index (χ0v) is 23.4. The molecule has 1 unspecified atom stereocenters. The smallest absolute Gasteiger partial charge is 0.400 e. The molecule has 2 aromatic carbocycles. The third-order valence-electron chi connectivity index (χ3n) is 6.91. The van der Waals surface area contributed by atoms with E-state index < -0.39 is 47.0 Å². The Balaban J connectivity index is 1.51. The molecule has 0 amide bonds. The van der Waals surface area contributed by atoms with Gasteiger partial charge in [-0.15, -0.1) is 0 Å². The monoisotopic (exact) mass is 587 g/mol. The molecular formula is C30H29F4N3O5. The molecule has 12 heteroatoms. The standard InChI is InChI=1S/C30H29F4N3O5/c1-16-19(12-27(42-16)29(2,3)30(32,33)34)28(35)24(38)11-17-6-7-18(10-20(17)31)23-15-36-21-13-26(41-9-8-39-4)25(40-5)14-22(21)37-23/h6-7,10,12-15,19,35H,1,8-9,11H2,2-5H3. The van der Waals surface area contributed by atoms with Gasteiger partial charge in [-0.1, -0.05) is 18.7 Å². The molecule has 0 saturated carbocycles. The minimum absolute atomic E-state index is 0.00567. The van der Waals surface area contributed by atoms with Gasteiger partial charge < -0.3 is 24.4 Å². The predicted molar refractivity (Wildman–Crippen MR) is 147 cm³/mol. The van der Waals surface area contributed by atoms with Crippen molar-refractivity contribution in [2.24, 2.45) is 11.3 Å². The fraction of sp³-hybridized carbons (Fsp3) is 0.333. The number of carbonyl (C=O) groups excluding carboxylic acids is 1. The van der Waals surface area contributed by atoms with Crippen LogP contribution in [0.25, 0.3) is 22.3 Å². The van der Waals surface area contributed by atoms with Gasteiger partial charge in [0, 0.05) is 31.2 Å². The third kappa shape index (κ3) is 6.13. The van der Waals surface area contributed by atoms with Gasteiger partial charge in [0.1, 0.15) is 29.4 Å². The number of alkyl halides is 3. The van der Waals surface area contributed by atoms with E-state index in [-0.39, 0.29) is 11.3 Å². The lowest BCUT2D eigenvalue weighted by atomic mass is 9.87. The molecule has 1 aromatic heterocycles. The summed E-state index contributed by atoms with van der Waals surface area (Å²) in [5.74, 6) is -2.37. The summed E-state index contributed by atoms with van der Waals surface area (Å²) in [7, 11) is 3.05. The van der Waals surface area contributed by atoms with Crippen molar-refractivity contribution in [3.8, 4) is 22.8 Å². The molecule has 1 aliphatic rings. The van der Waals surface area contributed by atoms with Crippen molar-refractivity contribution in [1.82, 2.24) is 9.97 Å². The van der Waals surface area contributed by atoms with E-state index in [9.17, 15) is 18.0 Å². The van der Waals surface area contributed by atoms with Crippen LogP contribution in [0.4, 0.5) is 17.6 Å². The number of hydrogen-bond donors (Lipinski definition) is 1. The van der Waals surface area contributed by atoms with E-state index in [1.165, 1.54) is 25.4 Å². The van der Waals surface area contributed by atoms with Gasteiger partial charge in [0.15, 0.2) is 17.3 Å². The topological polar surface area (TPSA) is 104 Å². The van der Waals surface area contributed by atoms with Gasteiger partial charge in [0.25, 0.3) is 0 Å². The summed E-state index contributed by atoms with van der Waals surface area (Å²) in [5, 5.41) is 8.26. The molecule has 1 N–H and O–H groups in total. The maximum atomic E-state index is 15.1. The number of ketones is 1. The number of rotatable bonds is 11. The average molecular weight is 588 g/mol. The SMILES string of the molecule is C=C1OC(C(C)(C)C(F)(F)F)=CC1C(=N)C(=O)Cc1ccc(-c2cnc3cc(OCCOC)c(OC)cc3n2)cc1F. The number of carbonyl (C=O) groups is 1. The van der Waals surface area contributed by atoms with Gasteiger partial charge in [0.2, 0.25) is 0 Å². The zero-order chi connectivity index (χ0) is 30.8. The number of aromatic nitrogens is 2. The summed E-state index contributed by atoms with van der Waals surface area (Å²) < 4.78 is 76.6. The number of allylic oxidation sites excluding steroid dienone is 2. The van der Waals surface area contributed by atoms with Crippen LogP contribution in [0.1, 0.15) is 19.4 Å². The summed E-state index contributed by atoms with van der Waals surface area (Å²) in [5.41, 5.74) is -1.11. The quantitative estimate of drug-likeness (QED) is 0.161. The van der Waals surface area contributed by atoms with Gasteiger partial charge in [-0.2, -0.15) is 13.2 Å². The number of fused-ring (bicyclic) bond motifs is 1. The lowest BCUT2D eigenvalue weighted by molar-refractivity contribution is -0.206. The first-order valence-electron chi connectivity index (χ1n) is 12.8. The Morgan fingerprint density at radius 2 is 1.81 bits per heavy atom. The van der Waals surface area contributed by atoms with Crippen LogP contribution >= 0.6 is 0 Å². The van der Waals surface area contributed by atoms with Gasteiger partial charge in [-0.3, -0.25) is 9.78 Å². The number of nitrogens with zero attached hydrogens (tertiary/aromatic N) is 2. The highest BCUT2D eigenvalue weighted by atomic mass is 19.4. The van der Waals surface area contributed by atoms with Crippen LogP contribution in [-0.4, -0.2) is 55.1 Å². The van der Waals surface area contributed by atoms with Crippen molar-refractivity contribution in [2.45, 2.75) is 26.4 Å². The van der Waals surface area contributed by atoms with E-state index in [1.807, 2.05) is 0 Å². The molecule has 3 aromatic rings. The second-order valence-corrected chi connectivity index (χ2v) is 10.1. The Kier molecular flexibility index (Phi) is 8.67. The Labute approximate surface area is 239 Å². The van der Waals surface area contributed by atoms with E-state index in [2.05, 4.69) is 16.5 Å². The summed E-state index contributed by atoms with van der Waals surface area (Å²) in [6, 6.07) is 7.48. The number of Topliss-reactive ketones (excluding diaryl/α,β-unsaturated/α-hetero) is 1. The summed E-state index contributed by atoms with van der Waals surface area (Å²) in [4.78, 5) is 21.8.